The number of aryl methyl sites for hydroxylation is 1. The van der Waals surface area contributed by atoms with Crippen LogP contribution in [0.5, 0.6) is 0 Å². The zero-order valence-electron chi connectivity index (χ0n) is 13.1. The Bertz CT molecular complexity index is 600. The van der Waals surface area contributed by atoms with E-state index in [1.807, 2.05) is 6.07 Å². The molecule has 24 heavy (non-hydrogen) atoms. The fourth-order valence-electron chi connectivity index (χ4n) is 2.89. The van der Waals surface area contributed by atoms with E-state index in [1.54, 1.807) is 29.2 Å². The highest BCUT2D eigenvalue weighted by Crippen LogP contribution is 2.31. The Balaban J connectivity index is 1.79. The number of benzene rings is 1. The molecule has 1 aromatic rings. The van der Waals surface area contributed by atoms with Crippen molar-refractivity contribution in [2.24, 2.45) is 5.92 Å². The third kappa shape index (κ3) is 4.71. The largest absolute Gasteiger partial charge is 0.414 e. The van der Waals surface area contributed by atoms with E-state index in [0.29, 0.717) is 12.0 Å². The molecular weight excluding hydrogens is 321 g/mol. The molecule has 1 fully saturated rings. The van der Waals surface area contributed by atoms with E-state index in [1.165, 1.54) is 0 Å². The number of hydrogen-bond acceptors (Lipinski definition) is 3. The minimum Gasteiger partial charge on any atom is -0.383 e. The van der Waals surface area contributed by atoms with Crippen molar-refractivity contribution in [1.82, 2.24) is 4.90 Å². The quantitative estimate of drug-likeness (QED) is 0.916. The average molecular weight is 340 g/mol. The van der Waals surface area contributed by atoms with Gasteiger partial charge in [0, 0.05) is 19.5 Å². The van der Waals surface area contributed by atoms with Gasteiger partial charge in [0.15, 0.2) is 6.10 Å². The molecule has 1 atom stereocenters. The van der Waals surface area contributed by atoms with Crippen LogP contribution < -0.4 is 0 Å². The van der Waals surface area contributed by atoms with Gasteiger partial charge in [0.05, 0.1) is 11.6 Å². The predicted molar refractivity (Wildman–Crippen MR) is 80.8 cm³/mol. The molecule has 1 aliphatic rings. The number of aliphatic hydroxyl groups is 1. The molecule has 7 heteroatoms. The standard InChI is InChI=1S/C17H19F3N2O2/c18-17(19,20)16(24)14-7-9-22(10-8-14)15(23)6-5-12-1-3-13(11-21)4-2-12/h1-4,14,16,24H,5-10H2. The maximum absolute atomic E-state index is 12.5. The van der Waals surface area contributed by atoms with Crippen molar-refractivity contribution < 1.29 is 23.1 Å². The molecule has 1 N–H and O–H groups in total. The second-order valence-corrected chi connectivity index (χ2v) is 6.01. The maximum Gasteiger partial charge on any atom is 0.414 e. The smallest absolute Gasteiger partial charge is 0.383 e. The molecule has 4 nitrogen and oxygen atoms in total. The predicted octanol–water partition coefficient (Wildman–Crippen LogP) is 2.65. The van der Waals surface area contributed by atoms with Crippen LogP contribution in [0.3, 0.4) is 0 Å². The van der Waals surface area contributed by atoms with Gasteiger partial charge in [0.2, 0.25) is 5.91 Å². The number of carbonyl (C=O) groups excluding carboxylic acids is 1. The number of piperidine rings is 1. The first-order valence-electron chi connectivity index (χ1n) is 7.83. The van der Waals surface area contributed by atoms with Gasteiger partial charge in [0.25, 0.3) is 0 Å². The Morgan fingerprint density at radius 2 is 1.88 bits per heavy atom. The third-order valence-corrected chi connectivity index (χ3v) is 4.38. The van der Waals surface area contributed by atoms with Crippen LogP contribution in [0.2, 0.25) is 0 Å². The highest BCUT2D eigenvalue weighted by atomic mass is 19.4. The fraction of sp³-hybridized carbons (Fsp3) is 0.529. The lowest BCUT2D eigenvalue weighted by atomic mass is 9.90. The van der Waals surface area contributed by atoms with E-state index in [0.717, 1.165) is 5.56 Å². The number of alkyl halides is 3. The molecular formula is C17H19F3N2O2. The maximum atomic E-state index is 12.5. The first-order valence-corrected chi connectivity index (χ1v) is 7.83. The monoisotopic (exact) mass is 340 g/mol. The SMILES string of the molecule is N#Cc1ccc(CCC(=O)N2CCC(C(O)C(F)(F)F)CC2)cc1. The molecule has 0 bridgehead atoms. The van der Waals surface area contributed by atoms with Crippen LogP contribution in [-0.2, 0) is 11.2 Å². The minimum absolute atomic E-state index is 0.0979. The van der Waals surface area contributed by atoms with Gasteiger partial charge in [0.1, 0.15) is 0 Å². The Kier molecular flexibility index (Phi) is 5.84. The molecule has 2 rings (SSSR count). The van der Waals surface area contributed by atoms with Gasteiger partial charge >= 0.3 is 6.18 Å². The summed E-state index contributed by atoms with van der Waals surface area (Å²) in [6, 6.07) is 8.97. The number of aliphatic hydroxyl groups excluding tert-OH is 1. The molecule has 0 radical (unpaired) electrons. The van der Waals surface area contributed by atoms with E-state index >= 15 is 0 Å². The summed E-state index contributed by atoms with van der Waals surface area (Å²) in [7, 11) is 0. The number of halogens is 3. The summed E-state index contributed by atoms with van der Waals surface area (Å²) >= 11 is 0. The lowest BCUT2D eigenvalue weighted by molar-refractivity contribution is -0.222. The molecule has 0 saturated carbocycles. The van der Waals surface area contributed by atoms with E-state index in [9.17, 15) is 23.1 Å². The molecule has 130 valence electrons. The van der Waals surface area contributed by atoms with Crippen molar-refractivity contribution in [3.8, 4) is 6.07 Å². The molecule has 0 aromatic heterocycles. The van der Waals surface area contributed by atoms with Gasteiger partial charge in [-0.3, -0.25) is 4.79 Å². The normalized spacial score (nSPS) is 17.4. The van der Waals surface area contributed by atoms with Gasteiger partial charge in [-0.15, -0.1) is 0 Å². The summed E-state index contributed by atoms with van der Waals surface area (Å²) in [5.41, 5.74) is 1.49. The van der Waals surface area contributed by atoms with Crippen molar-refractivity contribution >= 4 is 5.91 Å². The summed E-state index contributed by atoms with van der Waals surface area (Å²) < 4.78 is 37.5. The number of nitrogens with zero attached hydrogens (tertiary/aromatic N) is 2. The fourth-order valence-corrected chi connectivity index (χ4v) is 2.89. The lowest BCUT2D eigenvalue weighted by Gasteiger charge is -2.34. The van der Waals surface area contributed by atoms with Crippen molar-refractivity contribution in [3.05, 3.63) is 35.4 Å². The highest BCUT2D eigenvalue weighted by molar-refractivity contribution is 5.76. The summed E-state index contributed by atoms with van der Waals surface area (Å²) in [4.78, 5) is 13.7. The molecule has 1 unspecified atom stereocenters. The molecule has 1 aromatic carbocycles. The second-order valence-electron chi connectivity index (χ2n) is 6.01. The van der Waals surface area contributed by atoms with Crippen molar-refractivity contribution in [1.29, 1.82) is 5.26 Å². The number of likely N-dealkylation sites (tertiary alicyclic amines) is 1. The molecule has 1 heterocycles. The summed E-state index contributed by atoms with van der Waals surface area (Å²) in [5.74, 6) is -0.938. The Morgan fingerprint density at radius 1 is 1.29 bits per heavy atom. The topological polar surface area (TPSA) is 64.3 Å². The number of hydrogen-bond donors (Lipinski definition) is 1. The zero-order chi connectivity index (χ0) is 17.7. The Morgan fingerprint density at radius 3 is 2.38 bits per heavy atom. The van der Waals surface area contributed by atoms with Crippen molar-refractivity contribution in [3.63, 3.8) is 0 Å². The summed E-state index contributed by atoms with van der Waals surface area (Å²) in [6.45, 7) is 0.480. The Hall–Kier alpha value is -2.07. The van der Waals surface area contributed by atoms with Gasteiger partial charge in [-0.05, 0) is 42.9 Å². The number of nitriles is 1. The van der Waals surface area contributed by atoms with Gasteiger partial charge in [-0.25, -0.2) is 0 Å². The van der Waals surface area contributed by atoms with Gasteiger partial charge in [-0.2, -0.15) is 18.4 Å². The van der Waals surface area contributed by atoms with E-state index in [-0.39, 0.29) is 38.3 Å². The van der Waals surface area contributed by atoms with Crippen LogP contribution in [0.25, 0.3) is 0 Å². The number of rotatable bonds is 4. The van der Waals surface area contributed by atoms with E-state index in [2.05, 4.69) is 0 Å². The molecule has 1 aliphatic heterocycles. The Labute approximate surface area is 138 Å². The molecule has 1 amide bonds. The minimum atomic E-state index is -4.60. The highest BCUT2D eigenvalue weighted by Gasteiger charge is 2.44. The van der Waals surface area contributed by atoms with Crippen LogP contribution in [-0.4, -0.2) is 41.3 Å². The van der Waals surface area contributed by atoms with E-state index < -0.39 is 18.2 Å². The lowest BCUT2D eigenvalue weighted by Crippen LogP contribution is -2.45. The first-order chi connectivity index (χ1) is 11.3. The number of carbonyl (C=O) groups is 1. The van der Waals surface area contributed by atoms with Gasteiger partial charge in [-0.1, -0.05) is 12.1 Å². The first kappa shape index (κ1) is 18.3. The van der Waals surface area contributed by atoms with Crippen LogP contribution in [0.4, 0.5) is 13.2 Å². The molecule has 1 saturated heterocycles. The summed E-state index contributed by atoms with van der Waals surface area (Å²) in [5, 5.41) is 18.0. The van der Waals surface area contributed by atoms with Crippen LogP contribution in [0.15, 0.2) is 24.3 Å². The molecule has 0 spiro atoms. The second kappa shape index (κ2) is 7.67. The zero-order valence-corrected chi connectivity index (χ0v) is 13.1. The van der Waals surface area contributed by atoms with Crippen LogP contribution >= 0.6 is 0 Å². The van der Waals surface area contributed by atoms with E-state index in [4.69, 9.17) is 5.26 Å². The van der Waals surface area contributed by atoms with Crippen molar-refractivity contribution in [2.75, 3.05) is 13.1 Å². The summed E-state index contributed by atoms with van der Waals surface area (Å²) in [6.07, 6.45) is -5.80. The third-order valence-electron chi connectivity index (χ3n) is 4.38. The van der Waals surface area contributed by atoms with Crippen LogP contribution in [0.1, 0.15) is 30.4 Å². The molecule has 0 aliphatic carbocycles. The van der Waals surface area contributed by atoms with Crippen LogP contribution in [0, 0.1) is 17.2 Å². The van der Waals surface area contributed by atoms with Gasteiger partial charge < -0.3 is 10.0 Å². The number of amides is 1. The van der Waals surface area contributed by atoms with Crippen molar-refractivity contribution in [2.45, 2.75) is 38.0 Å². The average Bonchev–Trinajstić information content (AvgIpc) is 2.58.